The number of hydrogen-bond donors (Lipinski definition) is 2. The summed E-state index contributed by atoms with van der Waals surface area (Å²) in [6, 6.07) is 7.77. The molecular weight excluding hydrogens is 292 g/mol. The van der Waals surface area contributed by atoms with Crippen LogP contribution in [0.1, 0.15) is 50.5 Å². The molecule has 0 unspecified atom stereocenters. The SMILES string of the molecule is CC(=O)NC1(c2nc(-c3ccc(CN)cc3)no2)CCCCC1. The Morgan fingerprint density at radius 2 is 1.96 bits per heavy atom. The van der Waals surface area contributed by atoms with Gasteiger partial charge in [-0.2, -0.15) is 4.98 Å². The number of carbonyl (C=O) groups is 1. The van der Waals surface area contributed by atoms with Gasteiger partial charge in [-0.25, -0.2) is 0 Å². The van der Waals surface area contributed by atoms with E-state index < -0.39 is 5.54 Å². The summed E-state index contributed by atoms with van der Waals surface area (Å²) < 4.78 is 5.52. The summed E-state index contributed by atoms with van der Waals surface area (Å²) in [6.07, 6.45) is 4.93. The van der Waals surface area contributed by atoms with Gasteiger partial charge >= 0.3 is 0 Å². The summed E-state index contributed by atoms with van der Waals surface area (Å²) in [5, 5.41) is 7.14. The quantitative estimate of drug-likeness (QED) is 0.904. The van der Waals surface area contributed by atoms with Gasteiger partial charge in [0.1, 0.15) is 5.54 Å². The summed E-state index contributed by atoms with van der Waals surface area (Å²) >= 11 is 0. The van der Waals surface area contributed by atoms with Crippen LogP contribution in [-0.2, 0) is 16.9 Å². The molecule has 1 heterocycles. The third-order valence-electron chi connectivity index (χ3n) is 4.41. The molecule has 1 saturated carbocycles. The smallest absolute Gasteiger partial charge is 0.252 e. The molecule has 0 bridgehead atoms. The zero-order chi connectivity index (χ0) is 16.3. The Hall–Kier alpha value is -2.21. The van der Waals surface area contributed by atoms with Crippen LogP contribution in [0.4, 0.5) is 0 Å². The van der Waals surface area contributed by atoms with Crippen molar-refractivity contribution < 1.29 is 9.32 Å². The first-order valence-electron chi connectivity index (χ1n) is 8.05. The van der Waals surface area contributed by atoms with Gasteiger partial charge in [-0.3, -0.25) is 4.79 Å². The Balaban J connectivity index is 1.90. The maximum absolute atomic E-state index is 11.6. The van der Waals surface area contributed by atoms with Crippen LogP contribution in [0.15, 0.2) is 28.8 Å². The van der Waals surface area contributed by atoms with Crippen LogP contribution in [0.2, 0.25) is 0 Å². The minimum atomic E-state index is -0.521. The Morgan fingerprint density at radius 3 is 2.57 bits per heavy atom. The Kier molecular flexibility index (Phi) is 4.43. The van der Waals surface area contributed by atoms with Crippen molar-refractivity contribution in [2.45, 2.75) is 51.1 Å². The van der Waals surface area contributed by atoms with E-state index in [-0.39, 0.29) is 5.91 Å². The van der Waals surface area contributed by atoms with E-state index in [0.29, 0.717) is 18.3 Å². The highest BCUT2D eigenvalue weighted by Gasteiger charge is 2.40. The number of nitrogens with zero attached hydrogens (tertiary/aromatic N) is 2. The Labute approximate surface area is 135 Å². The number of benzene rings is 1. The van der Waals surface area contributed by atoms with Crippen LogP contribution in [0.25, 0.3) is 11.4 Å². The van der Waals surface area contributed by atoms with Crippen LogP contribution in [0.5, 0.6) is 0 Å². The highest BCUT2D eigenvalue weighted by Crippen LogP contribution is 2.37. The number of aromatic nitrogens is 2. The molecular formula is C17H22N4O2. The molecule has 0 radical (unpaired) electrons. The minimum absolute atomic E-state index is 0.0704. The topological polar surface area (TPSA) is 94.0 Å². The monoisotopic (exact) mass is 314 g/mol. The molecule has 1 fully saturated rings. The zero-order valence-electron chi connectivity index (χ0n) is 13.3. The first-order chi connectivity index (χ1) is 11.1. The third-order valence-corrected chi connectivity index (χ3v) is 4.41. The number of nitrogens with two attached hydrogens (primary N) is 1. The van der Waals surface area contributed by atoms with E-state index in [1.165, 1.54) is 13.3 Å². The zero-order valence-corrected chi connectivity index (χ0v) is 13.3. The van der Waals surface area contributed by atoms with Crippen molar-refractivity contribution in [3.05, 3.63) is 35.7 Å². The molecule has 6 heteroatoms. The van der Waals surface area contributed by atoms with Crippen molar-refractivity contribution >= 4 is 5.91 Å². The van der Waals surface area contributed by atoms with Gasteiger partial charge in [0.2, 0.25) is 11.7 Å². The van der Waals surface area contributed by atoms with Gasteiger partial charge in [-0.05, 0) is 18.4 Å². The maximum Gasteiger partial charge on any atom is 0.252 e. The van der Waals surface area contributed by atoms with Gasteiger partial charge in [0.05, 0.1) is 0 Å². The van der Waals surface area contributed by atoms with E-state index >= 15 is 0 Å². The number of hydrogen-bond acceptors (Lipinski definition) is 5. The second kappa shape index (κ2) is 6.50. The third kappa shape index (κ3) is 3.27. The summed E-state index contributed by atoms with van der Waals surface area (Å²) in [4.78, 5) is 16.2. The van der Waals surface area contributed by atoms with Gasteiger partial charge in [-0.15, -0.1) is 0 Å². The van der Waals surface area contributed by atoms with Crippen LogP contribution in [0.3, 0.4) is 0 Å². The number of carbonyl (C=O) groups excluding carboxylic acids is 1. The molecule has 122 valence electrons. The molecule has 6 nitrogen and oxygen atoms in total. The Morgan fingerprint density at radius 1 is 1.26 bits per heavy atom. The predicted molar refractivity (Wildman–Crippen MR) is 86.2 cm³/mol. The number of amides is 1. The standard InChI is InChI=1S/C17H22N4O2/c1-12(22)20-17(9-3-2-4-10-17)16-19-15(21-23-16)14-7-5-13(11-18)6-8-14/h5-8H,2-4,9-11,18H2,1H3,(H,20,22). The molecule has 3 rings (SSSR count). The molecule has 1 amide bonds. The van der Waals surface area contributed by atoms with Crippen molar-refractivity contribution in [3.63, 3.8) is 0 Å². The summed E-state index contributed by atoms with van der Waals surface area (Å²) in [5.74, 6) is 0.975. The van der Waals surface area contributed by atoms with Gasteiger partial charge in [0, 0.05) is 19.0 Å². The fourth-order valence-corrected chi connectivity index (χ4v) is 3.21. The maximum atomic E-state index is 11.6. The number of rotatable bonds is 4. The highest BCUT2D eigenvalue weighted by molar-refractivity contribution is 5.74. The normalized spacial score (nSPS) is 17.0. The lowest BCUT2D eigenvalue weighted by molar-refractivity contribution is -0.121. The van der Waals surface area contributed by atoms with Crippen molar-refractivity contribution in [1.82, 2.24) is 15.5 Å². The Bertz CT molecular complexity index is 672. The summed E-state index contributed by atoms with van der Waals surface area (Å²) in [5.41, 5.74) is 7.03. The van der Waals surface area contributed by atoms with Gasteiger partial charge < -0.3 is 15.6 Å². The predicted octanol–water partition coefficient (Wildman–Crippen LogP) is 2.49. The molecule has 2 aromatic rings. The van der Waals surface area contributed by atoms with Crippen LogP contribution < -0.4 is 11.1 Å². The van der Waals surface area contributed by atoms with E-state index in [1.54, 1.807) is 0 Å². The van der Waals surface area contributed by atoms with E-state index in [2.05, 4.69) is 15.5 Å². The number of nitrogens with one attached hydrogen (secondary N) is 1. The molecule has 1 aliphatic rings. The molecule has 0 aliphatic heterocycles. The molecule has 23 heavy (non-hydrogen) atoms. The lowest BCUT2D eigenvalue weighted by Gasteiger charge is -2.34. The van der Waals surface area contributed by atoms with E-state index in [9.17, 15) is 4.79 Å². The molecule has 0 saturated heterocycles. The second-order valence-electron chi connectivity index (χ2n) is 6.15. The largest absolute Gasteiger partial charge is 0.342 e. The molecule has 1 aromatic heterocycles. The minimum Gasteiger partial charge on any atom is -0.342 e. The van der Waals surface area contributed by atoms with Crippen molar-refractivity contribution in [1.29, 1.82) is 0 Å². The van der Waals surface area contributed by atoms with E-state index in [1.807, 2.05) is 24.3 Å². The van der Waals surface area contributed by atoms with E-state index in [0.717, 1.165) is 36.8 Å². The molecule has 0 spiro atoms. The summed E-state index contributed by atoms with van der Waals surface area (Å²) in [6.45, 7) is 2.03. The van der Waals surface area contributed by atoms with Crippen LogP contribution in [-0.4, -0.2) is 16.0 Å². The second-order valence-corrected chi connectivity index (χ2v) is 6.15. The average Bonchev–Trinajstić information content (AvgIpc) is 3.06. The molecule has 1 aromatic carbocycles. The lowest BCUT2D eigenvalue weighted by atomic mass is 9.81. The van der Waals surface area contributed by atoms with Gasteiger partial charge in [0.25, 0.3) is 5.89 Å². The van der Waals surface area contributed by atoms with Crippen molar-refractivity contribution in [2.24, 2.45) is 5.73 Å². The average molecular weight is 314 g/mol. The first kappa shape index (κ1) is 15.7. The summed E-state index contributed by atoms with van der Waals surface area (Å²) in [7, 11) is 0. The van der Waals surface area contributed by atoms with E-state index in [4.69, 9.17) is 10.3 Å². The molecule has 1 aliphatic carbocycles. The fraction of sp³-hybridized carbons (Fsp3) is 0.471. The van der Waals surface area contributed by atoms with Gasteiger partial charge in [-0.1, -0.05) is 48.7 Å². The van der Waals surface area contributed by atoms with Crippen molar-refractivity contribution in [3.8, 4) is 11.4 Å². The van der Waals surface area contributed by atoms with Crippen LogP contribution >= 0.6 is 0 Å². The van der Waals surface area contributed by atoms with Crippen molar-refractivity contribution in [2.75, 3.05) is 0 Å². The van der Waals surface area contributed by atoms with Gasteiger partial charge in [0.15, 0.2) is 0 Å². The lowest BCUT2D eigenvalue weighted by Crippen LogP contribution is -2.46. The molecule has 0 atom stereocenters. The highest BCUT2D eigenvalue weighted by atomic mass is 16.5. The van der Waals surface area contributed by atoms with Crippen LogP contribution in [0, 0.1) is 0 Å². The molecule has 3 N–H and O–H groups in total. The fourth-order valence-electron chi connectivity index (χ4n) is 3.21. The first-order valence-corrected chi connectivity index (χ1v) is 8.05.